The van der Waals surface area contributed by atoms with Crippen molar-refractivity contribution in [2.24, 2.45) is 0 Å². The van der Waals surface area contributed by atoms with Gasteiger partial charge in [-0.2, -0.15) is 11.8 Å². The van der Waals surface area contributed by atoms with Crippen molar-refractivity contribution in [2.75, 3.05) is 5.75 Å². The molecule has 2 amide bonds. The molecule has 1 aliphatic carbocycles. The molecule has 0 bridgehead atoms. The summed E-state index contributed by atoms with van der Waals surface area (Å²) in [7, 11) is 0. The van der Waals surface area contributed by atoms with Gasteiger partial charge >= 0.3 is 6.03 Å². The van der Waals surface area contributed by atoms with Crippen LogP contribution in [0.15, 0.2) is 4.52 Å². The summed E-state index contributed by atoms with van der Waals surface area (Å²) in [6, 6.07) is 0.298. The standard InChI is InChI=1S/C17H29N3O2S/c1-5-23-15-8-6-7-14(10-15)19-17(21)18-11(2)9-16-12(3)20-22-13(16)4/h11,14-15H,5-10H2,1-4H3,(H2,18,19,21)/t11-,14+,15+/m0/s1. The normalized spacial score (nSPS) is 22.6. The minimum Gasteiger partial charge on any atom is -0.361 e. The molecule has 1 aromatic rings. The molecular weight excluding hydrogens is 310 g/mol. The van der Waals surface area contributed by atoms with E-state index in [-0.39, 0.29) is 12.1 Å². The van der Waals surface area contributed by atoms with E-state index in [1.54, 1.807) is 0 Å². The van der Waals surface area contributed by atoms with Crippen LogP contribution in [0.5, 0.6) is 0 Å². The summed E-state index contributed by atoms with van der Waals surface area (Å²) < 4.78 is 5.18. The zero-order valence-electron chi connectivity index (χ0n) is 14.6. The first kappa shape index (κ1) is 18.2. The molecule has 6 heteroatoms. The van der Waals surface area contributed by atoms with Gasteiger partial charge in [-0.05, 0) is 52.2 Å². The number of nitrogens with zero attached hydrogens (tertiary/aromatic N) is 1. The second-order valence-electron chi connectivity index (χ2n) is 6.47. The highest BCUT2D eigenvalue weighted by molar-refractivity contribution is 7.99. The molecule has 0 aliphatic heterocycles. The van der Waals surface area contributed by atoms with Gasteiger partial charge < -0.3 is 15.2 Å². The van der Waals surface area contributed by atoms with E-state index in [4.69, 9.17) is 4.52 Å². The Hall–Kier alpha value is -1.17. The minimum absolute atomic E-state index is 0.0520. The minimum atomic E-state index is -0.0589. The number of urea groups is 1. The van der Waals surface area contributed by atoms with Crippen molar-refractivity contribution >= 4 is 17.8 Å². The molecule has 2 N–H and O–H groups in total. The van der Waals surface area contributed by atoms with Gasteiger partial charge in [-0.1, -0.05) is 18.5 Å². The number of hydrogen-bond acceptors (Lipinski definition) is 4. The Labute approximate surface area is 143 Å². The predicted octanol–water partition coefficient (Wildman–Crippen LogP) is 3.59. The maximum atomic E-state index is 12.2. The lowest BCUT2D eigenvalue weighted by Crippen LogP contribution is -2.47. The van der Waals surface area contributed by atoms with Gasteiger partial charge in [-0.25, -0.2) is 4.79 Å². The molecule has 0 saturated heterocycles. The largest absolute Gasteiger partial charge is 0.361 e. The van der Waals surface area contributed by atoms with Gasteiger partial charge in [-0.3, -0.25) is 0 Å². The van der Waals surface area contributed by atoms with E-state index in [1.165, 1.54) is 12.8 Å². The lowest BCUT2D eigenvalue weighted by Gasteiger charge is -2.29. The topological polar surface area (TPSA) is 67.2 Å². The van der Waals surface area contributed by atoms with Crippen molar-refractivity contribution in [1.29, 1.82) is 0 Å². The molecule has 1 aliphatic rings. The number of aryl methyl sites for hydroxylation is 2. The molecule has 0 spiro atoms. The summed E-state index contributed by atoms with van der Waals surface area (Å²) in [5.41, 5.74) is 2.00. The third-order valence-electron chi connectivity index (χ3n) is 4.43. The molecule has 3 atom stereocenters. The molecule has 2 rings (SSSR count). The van der Waals surface area contributed by atoms with Crippen LogP contribution >= 0.6 is 11.8 Å². The molecule has 1 heterocycles. The lowest BCUT2D eigenvalue weighted by molar-refractivity contribution is 0.230. The highest BCUT2D eigenvalue weighted by atomic mass is 32.2. The van der Waals surface area contributed by atoms with Crippen LogP contribution in [-0.4, -0.2) is 34.3 Å². The van der Waals surface area contributed by atoms with Crippen LogP contribution in [0.25, 0.3) is 0 Å². The fourth-order valence-corrected chi connectivity index (χ4v) is 4.44. The maximum absolute atomic E-state index is 12.2. The summed E-state index contributed by atoms with van der Waals surface area (Å²) in [6.45, 7) is 8.06. The Balaban J connectivity index is 1.77. The monoisotopic (exact) mass is 339 g/mol. The molecule has 1 saturated carbocycles. The lowest BCUT2D eigenvalue weighted by atomic mass is 9.95. The molecule has 130 valence electrons. The van der Waals surface area contributed by atoms with Gasteiger partial charge in [0.2, 0.25) is 0 Å². The smallest absolute Gasteiger partial charge is 0.315 e. The molecular formula is C17H29N3O2S. The Bertz CT molecular complexity index is 496. The van der Waals surface area contributed by atoms with Crippen LogP contribution < -0.4 is 10.6 Å². The molecule has 1 fully saturated rings. The summed E-state index contributed by atoms with van der Waals surface area (Å²) in [6.07, 6.45) is 5.40. The molecule has 0 aromatic carbocycles. The van der Waals surface area contributed by atoms with E-state index in [2.05, 4.69) is 22.7 Å². The van der Waals surface area contributed by atoms with E-state index < -0.39 is 0 Å². The van der Waals surface area contributed by atoms with Gasteiger partial charge in [0.25, 0.3) is 0 Å². The summed E-state index contributed by atoms with van der Waals surface area (Å²) in [5.74, 6) is 1.99. The Morgan fingerprint density at radius 1 is 1.43 bits per heavy atom. The van der Waals surface area contributed by atoms with Gasteiger partial charge in [-0.15, -0.1) is 0 Å². The molecule has 1 aromatic heterocycles. The van der Waals surface area contributed by atoms with Crippen molar-refractivity contribution in [1.82, 2.24) is 15.8 Å². The van der Waals surface area contributed by atoms with Crippen LogP contribution in [0.1, 0.15) is 56.5 Å². The third kappa shape index (κ3) is 5.44. The van der Waals surface area contributed by atoms with Crippen LogP contribution in [0.4, 0.5) is 4.79 Å². The first-order valence-electron chi connectivity index (χ1n) is 8.60. The number of nitrogens with one attached hydrogen (secondary N) is 2. The summed E-state index contributed by atoms with van der Waals surface area (Å²) in [4.78, 5) is 12.2. The summed E-state index contributed by atoms with van der Waals surface area (Å²) >= 11 is 2.01. The number of amides is 2. The fraction of sp³-hybridized carbons (Fsp3) is 0.765. The average molecular weight is 340 g/mol. The van der Waals surface area contributed by atoms with Crippen molar-refractivity contribution in [3.8, 4) is 0 Å². The number of rotatable bonds is 6. The first-order valence-corrected chi connectivity index (χ1v) is 9.64. The molecule has 0 unspecified atom stereocenters. The van der Waals surface area contributed by atoms with Gasteiger partial charge in [0, 0.05) is 22.9 Å². The highest BCUT2D eigenvalue weighted by Crippen LogP contribution is 2.28. The summed E-state index contributed by atoms with van der Waals surface area (Å²) in [5, 5.41) is 10.8. The van der Waals surface area contributed by atoms with E-state index in [1.807, 2.05) is 32.5 Å². The van der Waals surface area contributed by atoms with E-state index in [9.17, 15) is 4.79 Å². The first-order chi connectivity index (χ1) is 11.0. The van der Waals surface area contributed by atoms with Crippen molar-refractivity contribution in [3.63, 3.8) is 0 Å². The number of thioether (sulfide) groups is 1. The highest BCUT2D eigenvalue weighted by Gasteiger charge is 2.23. The number of hydrogen-bond donors (Lipinski definition) is 2. The van der Waals surface area contributed by atoms with E-state index >= 15 is 0 Å². The zero-order valence-corrected chi connectivity index (χ0v) is 15.5. The van der Waals surface area contributed by atoms with Crippen LogP contribution in [0, 0.1) is 13.8 Å². The maximum Gasteiger partial charge on any atom is 0.315 e. The SMILES string of the molecule is CCS[C@@H]1CCC[C@@H](NC(=O)N[C@@H](C)Cc2c(C)noc2C)C1. The second kappa shape index (κ2) is 8.62. The number of aromatic nitrogens is 1. The average Bonchev–Trinajstić information content (AvgIpc) is 2.79. The zero-order chi connectivity index (χ0) is 16.8. The van der Waals surface area contributed by atoms with Crippen LogP contribution in [0.3, 0.4) is 0 Å². The van der Waals surface area contributed by atoms with E-state index in [0.717, 1.165) is 42.0 Å². The van der Waals surface area contributed by atoms with Gasteiger partial charge in [0.1, 0.15) is 5.76 Å². The van der Waals surface area contributed by atoms with Gasteiger partial charge in [0.15, 0.2) is 0 Å². The Kier molecular flexibility index (Phi) is 6.81. The second-order valence-corrected chi connectivity index (χ2v) is 8.04. The predicted molar refractivity (Wildman–Crippen MR) is 95.0 cm³/mol. The fourth-order valence-electron chi connectivity index (χ4n) is 3.26. The Morgan fingerprint density at radius 3 is 2.87 bits per heavy atom. The van der Waals surface area contributed by atoms with Crippen LogP contribution in [-0.2, 0) is 6.42 Å². The van der Waals surface area contributed by atoms with Crippen molar-refractivity contribution in [2.45, 2.75) is 77.1 Å². The quantitative estimate of drug-likeness (QED) is 0.831. The van der Waals surface area contributed by atoms with Crippen molar-refractivity contribution in [3.05, 3.63) is 17.0 Å². The molecule has 0 radical (unpaired) electrons. The molecule has 23 heavy (non-hydrogen) atoms. The van der Waals surface area contributed by atoms with Crippen molar-refractivity contribution < 1.29 is 9.32 Å². The third-order valence-corrected chi connectivity index (χ3v) is 5.67. The number of carbonyl (C=O) groups excluding carboxylic acids is 1. The molecule has 5 nitrogen and oxygen atoms in total. The number of carbonyl (C=O) groups is 1. The van der Waals surface area contributed by atoms with Gasteiger partial charge in [0.05, 0.1) is 5.69 Å². The Morgan fingerprint density at radius 2 is 2.22 bits per heavy atom. The van der Waals surface area contributed by atoms with Crippen LogP contribution in [0.2, 0.25) is 0 Å². The van der Waals surface area contributed by atoms with E-state index in [0.29, 0.717) is 11.3 Å².